The first-order valence-electron chi connectivity index (χ1n) is 15.2. The maximum atomic E-state index is 13.8. The summed E-state index contributed by atoms with van der Waals surface area (Å²) in [5.74, 6) is -1.18. The molecule has 4 aromatic rings. The van der Waals surface area contributed by atoms with Gasteiger partial charge in [0.2, 0.25) is 0 Å². The Balaban J connectivity index is 1.47. The molecule has 48 heavy (non-hydrogen) atoms. The quantitative estimate of drug-likeness (QED) is 0.186. The first-order valence-corrected chi connectivity index (χ1v) is 17.8. The number of aromatic amines is 1. The van der Waals surface area contributed by atoms with Crippen LogP contribution in [0.2, 0.25) is 0 Å². The van der Waals surface area contributed by atoms with E-state index < -0.39 is 50.6 Å². The van der Waals surface area contributed by atoms with E-state index in [1.807, 2.05) is 0 Å². The number of hydrogen-bond donors (Lipinski definition) is 1. The number of carbonyl (C=O) groups excluding carboxylic acids is 2. The van der Waals surface area contributed by atoms with E-state index >= 15 is 0 Å². The number of fused-ring (bicyclic) bond motifs is 1. The van der Waals surface area contributed by atoms with Crippen LogP contribution in [-0.4, -0.2) is 66.4 Å². The lowest BCUT2D eigenvalue weighted by molar-refractivity contribution is -0.139. The number of rotatable bonds is 8. The predicted octanol–water partition coefficient (Wildman–Crippen LogP) is 7.55. The van der Waals surface area contributed by atoms with Crippen LogP contribution in [0.3, 0.4) is 0 Å². The van der Waals surface area contributed by atoms with E-state index in [1.165, 1.54) is 48.8 Å². The van der Waals surface area contributed by atoms with Gasteiger partial charge in [0.1, 0.15) is 23.0 Å². The topological polar surface area (TPSA) is 128 Å². The van der Waals surface area contributed by atoms with Crippen LogP contribution in [-0.2, 0) is 31.2 Å². The summed E-state index contributed by atoms with van der Waals surface area (Å²) in [4.78, 5) is 34.9. The Labute approximate surface area is 280 Å². The number of H-pyrrole nitrogens is 1. The Hall–Kier alpha value is -4.11. The van der Waals surface area contributed by atoms with Crippen LogP contribution in [0.15, 0.2) is 48.1 Å². The normalized spacial score (nSPS) is 15.4. The molecule has 3 heterocycles. The highest BCUT2D eigenvalue weighted by Crippen LogP contribution is 2.44. The Morgan fingerprint density at radius 1 is 1.12 bits per heavy atom. The smallest absolute Gasteiger partial charge is 0.416 e. The number of piperidine rings is 1. The number of carbonyl (C=O) groups is 2. The molecule has 0 spiro atoms. The van der Waals surface area contributed by atoms with Crippen molar-refractivity contribution in [3.8, 4) is 16.2 Å². The van der Waals surface area contributed by atoms with Crippen LogP contribution >= 0.6 is 11.3 Å². The molecule has 1 fully saturated rings. The lowest BCUT2D eigenvalue weighted by atomic mass is 10.0. The van der Waals surface area contributed by atoms with Gasteiger partial charge < -0.3 is 24.1 Å². The van der Waals surface area contributed by atoms with E-state index in [0.717, 1.165) is 17.4 Å². The van der Waals surface area contributed by atoms with E-state index in [9.17, 15) is 31.2 Å². The number of imidazole rings is 1. The maximum Gasteiger partial charge on any atom is 0.416 e. The average molecular weight is 708 g/mol. The van der Waals surface area contributed by atoms with Crippen LogP contribution in [0.25, 0.3) is 21.5 Å². The molecule has 5 rings (SSSR count). The van der Waals surface area contributed by atoms with Gasteiger partial charge in [0, 0.05) is 24.0 Å². The Kier molecular flexibility index (Phi) is 9.84. The highest BCUT2D eigenvalue weighted by Gasteiger charge is 2.37. The molecule has 1 amide bonds. The van der Waals surface area contributed by atoms with Crippen molar-refractivity contribution in [1.29, 1.82) is 0 Å². The highest BCUT2D eigenvalue weighted by molar-refractivity contribution is 7.91. The van der Waals surface area contributed by atoms with Gasteiger partial charge in [-0.15, -0.1) is 11.3 Å². The predicted molar refractivity (Wildman–Crippen MR) is 175 cm³/mol. The molecule has 15 heteroatoms. The van der Waals surface area contributed by atoms with Crippen LogP contribution in [0, 0.1) is 0 Å². The van der Waals surface area contributed by atoms with Crippen molar-refractivity contribution < 1.29 is 45.4 Å². The second-order valence-corrected chi connectivity index (χ2v) is 15.7. The van der Waals surface area contributed by atoms with E-state index in [4.69, 9.17) is 14.2 Å². The number of benzene rings is 2. The molecule has 0 unspecified atom stereocenters. The van der Waals surface area contributed by atoms with Crippen molar-refractivity contribution in [1.82, 2.24) is 14.9 Å². The third-order valence-electron chi connectivity index (χ3n) is 8.00. The molecule has 1 atom stereocenters. The molecule has 0 aliphatic carbocycles. The fourth-order valence-electron chi connectivity index (χ4n) is 5.70. The zero-order valence-corrected chi connectivity index (χ0v) is 28.6. The molecule has 1 N–H and O–H groups in total. The van der Waals surface area contributed by atoms with Gasteiger partial charge in [-0.05, 0) is 69.9 Å². The van der Waals surface area contributed by atoms with Gasteiger partial charge in [0.05, 0.1) is 45.9 Å². The minimum absolute atomic E-state index is 0.00299. The van der Waals surface area contributed by atoms with E-state index in [1.54, 1.807) is 32.9 Å². The molecule has 2 aromatic heterocycles. The molecular formula is C33H36F3N3O7S2. The number of halogens is 3. The molecule has 0 radical (unpaired) electrons. The van der Waals surface area contributed by atoms with Gasteiger partial charge in [0.15, 0.2) is 9.84 Å². The molecule has 258 valence electrons. The van der Waals surface area contributed by atoms with Crippen molar-refractivity contribution in [2.45, 2.75) is 69.4 Å². The minimum Gasteiger partial charge on any atom is -0.484 e. The van der Waals surface area contributed by atoms with E-state index in [-0.39, 0.29) is 48.6 Å². The molecule has 2 aromatic carbocycles. The Morgan fingerprint density at radius 3 is 2.46 bits per heavy atom. The lowest BCUT2D eigenvalue weighted by Crippen LogP contribution is -2.44. The maximum absolute atomic E-state index is 13.8. The first kappa shape index (κ1) is 35.2. The zero-order valence-electron chi connectivity index (χ0n) is 27.0. The standard InChI is InChI=1S/C33H36F3N3O7S2/c1-19(22-8-6-7-9-24(22)33(34,35)36)45-27-16-47-29(28(27)30(40)44-5)23-15-26-25(37-18-38-26)14-20(23)17-48(42,43)21-10-12-39(13-11-21)31(41)46-32(2,3)4/h6-9,14-16,18-19,21H,10-13,17H2,1-5H3,(H,37,38)/t19-/m1/s1. The Bertz CT molecular complexity index is 1920. The number of methoxy groups -OCH3 is 1. The minimum atomic E-state index is -4.62. The second-order valence-electron chi connectivity index (χ2n) is 12.5. The molecule has 1 saturated heterocycles. The zero-order chi connectivity index (χ0) is 35.0. The van der Waals surface area contributed by atoms with Crippen molar-refractivity contribution >= 4 is 44.3 Å². The summed E-state index contributed by atoms with van der Waals surface area (Å²) in [5, 5.41) is 0.770. The molecule has 1 aliphatic heterocycles. The van der Waals surface area contributed by atoms with Crippen molar-refractivity contribution in [3.63, 3.8) is 0 Å². The number of aromatic nitrogens is 2. The van der Waals surface area contributed by atoms with Gasteiger partial charge >= 0.3 is 18.2 Å². The number of nitrogens with zero attached hydrogens (tertiary/aromatic N) is 2. The summed E-state index contributed by atoms with van der Waals surface area (Å²) < 4.78 is 85.4. The van der Waals surface area contributed by atoms with Crippen molar-refractivity contribution in [2.24, 2.45) is 0 Å². The van der Waals surface area contributed by atoms with Crippen LogP contribution in [0.1, 0.15) is 73.7 Å². The van der Waals surface area contributed by atoms with E-state index in [0.29, 0.717) is 27.0 Å². The molecule has 0 bridgehead atoms. The third kappa shape index (κ3) is 7.62. The number of thiophene rings is 1. The fourth-order valence-corrected chi connectivity index (χ4v) is 8.56. The number of likely N-dealkylation sites (tertiary alicyclic amines) is 1. The second kappa shape index (κ2) is 13.4. The number of amides is 1. The van der Waals surface area contributed by atoms with Gasteiger partial charge in [0.25, 0.3) is 0 Å². The summed E-state index contributed by atoms with van der Waals surface area (Å²) >= 11 is 1.08. The van der Waals surface area contributed by atoms with Crippen molar-refractivity contribution in [3.05, 3.63) is 70.4 Å². The number of hydrogen-bond acceptors (Lipinski definition) is 9. The van der Waals surface area contributed by atoms with Gasteiger partial charge in [-0.1, -0.05) is 18.2 Å². The number of esters is 1. The van der Waals surface area contributed by atoms with E-state index in [2.05, 4.69) is 9.97 Å². The van der Waals surface area contributed by atoms with Crippen LogP contribution < -0.4 is 4.74 Å². The molecule has 10 nitrogen and oxygen atoms in total. The summed E-state index contributed by atoms with van der Waals surface area (Å²) in [6, 6.07) is 8.35. The Morgan fingerprint density at radius 2 is 1.81 bits per heavy atom. The van der Waals surface area contributed by atoms with Gasteiger partial charge in [-0.3, -0.25) is 0 Å². The summed E-state index contributed by atoms with van der Waals surface area (Å²) in [7, 11) is -2.60. The SMILES string of the molecule is COC(=O)c1c(O[C@H](C)c2ccccc2C(F)(F)F)csc1-c1cc2nc[nH]c2cc1CS(=O)(=O)C1CCN(C(=O)OC(C)(C)C)CC1. The lowest BCUT2D eigenvalue weighted by Gasteiger charge is -2.33. The average Bonchev–Trinajstić information content (AvgIpc) is 3.65. The monoisotopic (exact) mass is 707 g/mol. The highest BCUT2D eigenvalue weighted by atomic mass is 32.2. The van der Waals surface area contributed by atoms with Gasteiger partial charge in [-0.2, -0.15) is 13.2 Å². The molecule has 0 saturated carbocycles. The molecular weight excluding hydrogens is 672 g/mol. The van der Waals surface area contributed by atoms with Crippen LogP contribution in [0.5, 0.6) is 5.75 Å². The van der Waals surface area contributed by atoms with Crippen LogP contribution in [0.4, 0.5) is 18.0 Å². The largest absolute Gasteiger partial charge is 0.484 e. The number of sulfone groups is 1. The molecule has 1 aliphatic rings. The first-order chi connectivity index (χ1) is 22.5. The van der Waals surface area contributed by atoms with Crippen molar-refractivity contribution in [2.75, 3.05) is 20.2 Å². The third-order valence-corrected chi connectivity index (χ3v) is 11.2. The number of alkyl halides is 3. The fraction of sp³-hybridized carbons (Fsp3) is 0.424. The number of ether oxygens (including phenoxy) is 3. The van der Waals surface area contributed by atoms with Gasteiger partial charge in [-0.25, -0.2) is 23.0 Å². The summed E-state index contributed by atoms with van der Waals surface area (Å²) in [6.07, 6.45) is -4.30. The summed E-state index contributed by atoms with van der Waals surface area (Å²) in [6.45, 7) is 7.18. The summed E-state index contributed by atoms with van der Waals surface area (Å²) in [5.41, 5.74) is 0.173. The number of nitrogens with one attached hydrogen (secondary N) is 1.